The van der Waals surface area contributed by atoms with Crippen LogP contribution in [0.4, 0.5) is 16.0 Å². The Morgan fingerprint density at radius 3 is 2.44 bits per heavy atom. The van der Waals surface area contributed by atoms with Crippen molar-refractivity contribution in [1.29, 1.82) is 0 Å². The van der Waals surface area contributed by atoms with Gasteiger partial charge in [0, 0.05) is 68.4 Å². The second-order valence-corrected chi connectivity index (χ2v) is 14.6. The summed E-state index contributed by atoms with van der Waals surface area (Å²) < 4.78 is 0. The zero-order valence-corrected chi connectivity index (χ0v) is 28.2. The molecule has 2 N–H and O–H groups in total. The van der Waals surface area contributed by atoms with E-state index < -0.39 is 5.97 Å². The normalized spacial score (nSPS) is 18.7. The van der Waals surface area contributed by atoms with Crippen LogP contribution in [0.2, 0.25) is 5.02 Å². The van der Waals surface area contributed by atoms with Crippen LogP contribution in [-0.4, -0.2) is 77.2 Å². The number of nitrogens with one attached hydrogen (secondary N) is 1. The Bertz CT molecular complexity index is 1500. The van der Waals surface area contributed by atoms with E-state index in [4.69, 9.17) is 32.4 Å². The van der Waals surface area contributed by atoms with Crippen molar-refractivity contribution < 1.29 is 14.7 Å². The number of anilines is 3. The number of hydrogen-bond acceptors (Lipinski definition) is 9. The Hall–Kier alpha value is -2.57. The molecule has 13 heteroatoms. The summed E-state index contributed by atoms with van der Waals surface area (Å²) in [6.45, 7) is 5.23. The molecule has 240 valence electrons. The first-order valence-corrected chi connectivity index (χ1v) is 18.5. The summed E-state index contributed by atoms with van der Waals surface area (Å²) in [5.74, 6) is -0.313. The number of carboxylic acid groups (broad SMARTS) is 1. The van der Waals surface area contributed by atoms with E-state index in [0.29, 0.717) is 40.7 Å². The van der Waals surface area contributed by atoms with Gasteiger partial charge in [-0.2, -0.15) is 0 Å². The molecule has 0 spiro atoms. The average Bonchev–Trinajstić information content (AvgIpc) is 3.49. The molecule has 1 amide bonds. The Morgan fingerprint density at radius 2 is 1.76 bits per heavy atom. The lowest BCUT2D eigenvalue weighted by Gasteiger charge is -2.41. The monoisotopic (exact) mass is 688 g/mol. The molecule has 2 saturated heterocycles. The lowest BCUT2D eigenvalue weighted by Crippen LogP contribution is -2.50. The second-order valence-electron chi connectivity index (χ2n) is 12.1. The number of carbonyl (C=O) groups is 2. The Balaban J connectivity index is 1.17. The molecule has 1 saturated carbocycles. The van der Waals surface area contributed by atoms with E-state index in [1.807, 2.05) is 24.3 Å². The van der Waals surface area contributed by atoms with Crippen molar-refractivity contribution in [3.05, 3.63) is 47.1 Å². The predicted octanol–water partition coefficient (Wildman–Crippen LogP) is 7.50. The minimum absolute atomic E-state index is 0.160. The van der Waals surface area contributed by atoms with Crippen LogP contribution in [0.15, 0.2) is 41.4 Å². The average molecular weight is 690 g/mol. The van der Waals surface area contributed by atoms with Crippen molar-refractivity contribution in [2.45, 2.75) is 62.3 Å². The molecule has 2 aliphatic heterocycles. The molecule has 4 heterocycles. The molecule has 1 aromatic carbocycles. The minimum atomic E-state index is -0.764. The predicted molar refractivity (Wildman–Crippen MR) is 184 cm³/mol. The van der Waals surface area contributed by atoms with Gasteiger partial charge in [-0.1, -0.05) is 54.3 Å². The fraction of sp³-hybridized carbons (Fsp3) is 0.500. The summed E-state index contributed by atoms with van der Waals surface area (Å²) in [6, 6.07) is 10.4. The molecule has 45 heavy (non-hydrogen) atoms. The zero-order chi connectivity index (χ0) is 31.3. The number of carboxylic acids is 1. The van der Waals surface area contributed by atoms with E-state index in [-0.39, 0.29) is 18.2 Å². The maximum absolute atomic E-state index is 13.4. The van der Waals surface area contributed by atoms with E-state index >= 15 is 0 Å². The van der Waals surface area contributed by atoms with E-state index in [1.165, 1.54) is 54.4 Å². The number of thiazole rings is 1. The topological polar surface area (TPSA) is 102 Å². The number of aliphatic carboxylic acids is 1. The number of piperazine rings is 1. The van der Waals surface area contributed by atoms with Crippen LogP contribution in [0.25, 0.3) is 11.3 Å². The van der Waals surface area contributed by atoms with Gasteiger partial charge in [-0.15, -0.1) is 0 Å². The number of benzene rings is 1. The van der Waals surface area contributed by atoms with Crippen molar-refractivity contribution in [1.82, 2.24) is 14.9 Å². The van der Waals surface area contributed by atoms with Gasteiger partial charge >= 0.3 is 5.97 Å². The molecule has 3 aromatic rings. The summed E-state index contributed by atoms with van der Waals surface area (Å²) in [6.07, 6.45) is 9.88. The van der Waals surface area contributed by atoms with Gasteiger partial charge in [-0.05, 0) is 71.5 Å². The van der Waals surface area contributed by atoms with Gasteiger partial charge in [-0.25, -0.2) is 9.97 Å². The summed E-state index contributed by atoms with van der Waals surface area (Å²) in [4.78, 5) is 42.0. The molecule has 6 rings (SSSR count). The Labute approximate surface area is 281 Å². The fourth-order valence-corrected chi connectivity index (χ4v) is 8.66. The Kier molecular flexibility index (Phi) is 10.7. The molecule has 0 unspecified atom stereocenters. The van der Waals surface area contributed by atoms with Crippen molar-refractivity contribution >= 4 is 72.4 Å². The van der Waals surface area contributed by atoms with Crippen LogP contribution in [0, 0.1) is 5.92 Å². The highest BCUT2D eigenvalue weighted by Gasteiger charge is 2.29. The zero-order valence-electron chi connectivity index (χ0n) is 25.1. The number of pyridine rings is 1. The molecule has 1 aliphatic carbocycles. The van der Waals surface area contributed by atoms with E-state index in [2.05, 4.69) is 25.0 Å². The number of hydrogen-bond donors (Lipinski definition) is 2. The number of amides is 1. The second kappa shape index (κ2) is 14.9. The Morgan fingerprint density at radius 1 is 1.00 bits per heavy atom. The summed E-state index contributed by atoms with van der Waals surface area (Å²) >= 11 is 8.11. The van der Waals surface area contributed by atoms with Gasteiger partial charge < -0.3 is 14.9 Å². The molecule has 0 atom stereocenters. The third kappa shape index (κ3) is 7.88. The number of halogens is 2. The summed E-state index contributed by atoms with van der Waals surface area (Å²) in [7, 11) is 7.27. The van der Waals surface area contributed by atoms with Crippen LogP contribution >= 0.6 is 44.6 Å². The van der Waals surface area contributed by atoms with Gasteiger partial charge in [0.15, 0.2) is 5.13 Å². The first kappa shape index (κ1) is 32.4. The first-order chi connectivity index (χ1) is 21.9. The maximum atomic E-state index is 13.4. The fourth-order valence-electron chi connectivity index (χ4n) is 6.75. The molecule has 0 radical (unpaired) electrons. The number of aromatic nitrogens is 2. The van der Waals surface area contributed by atoms with Crippen molar-refractivity contribution in [2.75, 3.05) is 54.4 Å². The minimum Gasteiger partial charge on any atom is -0.481 e. The highest BCUT2D eigenvalue weighted by molar-refractivity contribution is 8.21. The quantitative estimate of drug-likeness (QED) is 0.237. The van der Waals surface area contributed by atoms with Crippen LogP contribution in [0.3, 0.4) is 0 Å². The molecule has 3 fully saturated rings. The molecule has 2 aromatic heterocycles. The van der Waals surface area contributed by atoms with E-state index in [9.17, 15) is 9.59 Å². The smallest absolute Gasteiger partial charge is 0.303 e. The summed E-state index contributed by atoms with van der Waals surface area (Å²) in [5, 5.41) is 14.1. The van der Waals surface area contributed by atoms with Crippen molar-refractivity contribution in [3.8, 4) is 11.3 Å². The third-order valence-electron chi connectivity index (χ3n) is 9.18. The lowest BCUT2D eigenvalue weighted by molar-refractivity contribution is -0.138. The first-order valence-electron chi connectivity index (χ1n) is 15.7. The SMILES string of the molecule is O=C(O)CC1CCN(c2ncc(C(=O)Nc3nc(-c4cccc(SCl)c4)c(N4CCN(C5CCCCC5)CC4)s3)cc2Cl)CC1. The van der Waals surface area contributed by atoms with Crippen molar-refractivity contribution in [2.24, 2.45) is 5.92 Å². The molecular weight excluding hydrogens is 651 g/mol. The van der Waals surface area contributed by atoms with Gasteiger partial charge in [0.2, 0.25) is 0 Å². The number of carbonyl (C=O) groups excluding carboxylic acids is 1. The van der Waals surface area contributed by atoms with Crippen molar-refractivity contribution in [3.63, 3.8) is 0 Å². The molecule has 0 bridgehead atoms. The number of piperidine rings is 1. The molecule has 9 nitrogen and oxygen atoms in total. The van der Waals surface area contributed by atoms with Gasteiger partial charge in [0.25, 0.3) is 5.91 Å². The number of rotatable bonds is 9. The highest BCUT2D eigenvalue weighted by Crippen LogP contribution is 2.41. The largest absolute Gasteiger partial charge is 0.481 e. The summed E-state index contributed by atoms with van der Waals surface area (Å²) in [5.41, 5.74) is 2.15. The number of nitrogens with zero attached hydrogens (tertiary/aromatic N) is 5. The molecular formula is C32H38Cl2N6O3S2. The lowest BCUT2D eigenvalue weighted by atomic mass is 9.93. The van der Waals surface area contributed by atoms with Gasteiger partial charge in [0.1, 0.15) is 16.5 Å². The van der Waals surface area contributed by atoms with Gasteiger partial charge in [-0.3, -0.25) is 19.8 Å². The van der Waals surface area contributed by atoms with Gasteiger partial charge in [0.05, 0.1) is 10.6 Å². The van der Waals surface area contributed by atoms with E-state index in [0.717, 1.165) is 60.2 Å². The molecule has 3 aliphatic rings. The van der Waals surface area contributed by atoms with Crippen LogP contribution < -0.4 is 15.1 Å². The van der Waals surface area contributed by atoms with Crippen LogP contribution in [-0.2, 0) is 4.79 Å². The standard InChI is InChI=1S/C32H38Cl2N6O3S2/c33-26-19-23(20-35-29(26)39-11-9-21(10-12-39)17-27(41)42)30(43)37-32-36-28(22-5-4-8-25(18-22)45-34)31(44-32)40-15-13-38(14-16-40)24-6-2-1-3-7-24/h4-5,8,18-21,24H,1-3,6-7,9-17H2,(H,41,42)(H,36,37,43). The van der Waals surface area contributed by atoms with Crippen LogP contribution in [0.5, 0.6) is 0 Å². The maximum Gasteiger partial charge on any atom is 0.303 e. The highest BCUT2D eigenvalue weighted by atomic mass is 35.7. The van der Waals surface area contributed by atoms with Crippen LogP contribution in [0.1, 0.15) is 61.7 Å². The third-order valence-corrected chi connectivity index (χ3v) is 11.5. The van der Waals surface area contributed by atoms with E-state index in [1.54, 1.807) is 12.3 Å².